The van der Waals surface area contributed by atoms with Gasteiger partial charge in [-0.2, -0.15) is 0 Å². The van der Waals surface area contributed by atoms with Crippen LogP contribution in [0.3, 0.4) is 0 Å². The van der Waals surface area contributed by atoms with Gasteiger partial charge in [-0.15, -0.1) is 0 Å². The summed E-state index contributed by atoms with van der Waals surface area (Å²) >= 11 is 0. The minimum atomic E-state index is 0.00162. The van der Waals surface area contributed by atoms with Crippen LogP contribution >= 0.6 is 0 Å². The fraction of sp³-hybridized carbons (Fsp3) is 1.00. The lowest BCUT2D eigenvalue weighted by Crippen LogP contribution is -2.47. The van der Waals surface area contributed by atoms with Crippen molar-refractivity contribution in [2.75, 3.05) is 20.1 Å². The highest BCUT2D eigenvalue weighted by Crippen LogP contribution is 2.38. The molecule has 1 aliphatic carbocycles. The highest BCUT2D eigenvalue weighted by atomic mass is 15.1. The van der Waals surface area contributed by atoms with Crippen LogP contribution in [-0.4, -0.2) is 30.6 Å². The molecule has 0 aromatic heterocycles. The van der Waals surface area contributed by atoms with Crippen molar-refractivity contribution in [1.29, 1.82) is 0 Å². The van der Waals surface area contributed by atoms with E-state index < -0.39 is 0 Å². The van der Waals surface area contributed by atoms with Gasteiger partial charge >= 0.3 is 0 Å². The molecule has 2 heteroatoms. The normalized spacial score (nSPS) is 30.4. The summed E-state index contributed by atoms with van der Waals surface area (Å²) in [5.41, 5.74) is 6.22. The monoisotopic (exact) mass is 198 g/mol. The maximum Gasteiger partial charge on any atom is 0.0254 e. The molecule has 1 fully saturated rings. The van der Waals surface area contributed by atoms with E-state index in [0.717, 1.165) is 24.8 Å². The zero-order chi connectivity index (χ0) is 10.8. The second-order valence-corrected chi connectivity index (χ2v) is 5.57. The van der Waals surface area contributed by atoms with Crippen molar-refractivity contribution in [2.45, 2.75) is 45.6 Å². The molecule has 0 radical (unpaired) electrons. The van der Waals surface area contributed by atoms with E-state index in [1.807, 2.05) is 0 Å². The molecule has 0 spiro atoms. The van der Waals surface area contributed by atoms with E-state index in [1.54, 1.807) is 0 Å². The molecule has 0 bridgehead atoms. The molecule has 0 aromatic carbocycles. The Labute approximate surface area is 88.8 Å². The largest absolute Gasteiger partial charge is 0.324 e. The highest BCUT2D eigenvalue weighted by molar-refractivity contribution is 4.87. The summed E-state index contributed by atoms with van der Waals surface area (Å²) in [6.45, 7) is 8.98. The van der Waals surface area contributed by atoms with Gasteiger partial charge in [-0.25, -0.2) is 0 Å². The third-order valence-corrected chi connectivity index (χ3v) is 3.27. The molecular weight excluding hydrogens is 172 g/mol. The van der Waals surface area contributed by atoms with Crippen LogP contribution in [0.5, 0.6) is 0 Å². The molecule has 3 unspecified atom stereocenters. The van der Waals surface area contributed by atoms with Gasteiger partial charge in [-0.05, 0) is 38.6 Å². The number of hydrogen-bond donors (Lipinski definition) is 1. The lowest BCUT2D eigenvalue weighted by molar-refractivity contribution is 0.237. The second kappa shape index (κ2) is 4.63. The molecule has 1 aliphatic rings. The average molecular weight is 198 g/mol. The van der Waals surface area contributed by atoms with Gasteiger partial charge in [-0.3, -0.25) is 0 Å². The molecule has 0 aromatic rings. The van der Waals surface area contributed by atoms with Crippen molar-refractivity contribution in [1.82, 2.24) is 4.90 Å². The molecule has 0 saturated heterocycles. The van der Waals surface area contributed by atoms with Crippen molar-refractivity contribution in [3.8, 4) is 0 Å². The molecule has 2 N–H and O–H groups in total. The first-order valence-corrected chi connectivity index (χ1v) is 5.92. The Hall–Kier alpha value is -0.0800. The minimum Gasteiger partial charge on any atom is -0.324 e. The summed E-state index contributed by atoms with van der Waals surface area (Å²) in [4.78, 5) is 2.41. The summed E-state index contributed by atoms with van der Waals surface area (Å²) < 4.78 is 0. The van der Waals surface area contributed by atoms with Crippen LogP contribution in [0.15, 0.2) is 0 Å². The van der Waals surface area contributed by atoms with Gasteiger partial charge < -0.3 is 10.6 Å². The van der Waals surface area contributed by atoms with E-state index in [1.165, 1.54) is 19.4 Å². The SMILES string of the molecule is CCCC(C)(N)CN(C)CC1CC1C. The Morgan fingerprint density at radius 2 is 2.07 bits per heavy atom. The van der Waals surface area contributed by atoms with Crippen molar-refractivity contribution in [3.63, 3.8) is 0 Å². The fourth-order valence-electron chi connectivity index (χ4n) is 2.39. The van der Waals surface area contributed by atoms with Crippen molar-refractivity contribution in [3.05, 3.63) is 0 Å². The first-order chi connectivity index (χ1) is 6.44. The maximum atomic E-state index is 6.22. The number of nitrogens with zero attached hydrogens (tertiary/aromatic N) is 1. The lowest BCUT2D eigenvalue weighted by atomic mass is 9.97. The molecule has 84 valence electrons. The topological polar surface area (TPSA) is 29.3 Å². The van der Waals surface area contributed by atoms with Gasteiger partial charge in [-0.1, -0.05) is 20.3 Å². The Morgan fingerprint density at radius 1 is 1.50 bits per heavy atom. The van der Waals surface area contributed by atoms with Gasteiger partial charge in [0.15, 0.2) is 0 Å². The Kier molecular flexibility index (Phi) is 3.96. The molecule has 2 nitrogen and oxygen atoms in total. The van der Waals surface area contributed by atoms with Crippen LogP contribution in [0.1, 0.15) is 40.0 Å². The van der Waals surface area contributed by atoms with Crippen LogP contribution in [0, 0.1) is 11.8 Å². The zero-order valence-electron chi connectivity index (χ0n) is 10.2. The summed E-state index contributed by atoms with van der Waals surface area (Å²) in [6, 6.07) is 0. The Bertz CT molecular complexity index is 177. The standard InChI is InChI=1S/C12H26N2/c1-5-6-12(3,13)9-14(4)8-11-7-10(11)2/h10-11H,5-9,13H2,1-4H3. The van der Waals surface area contributed by atoms with Crippen LogP contribution in [0.25, 0.3) is 0 Å². The van der Waals surface area contributed by atoms with Crippen molar-refractivity contribution < 1.29 is 0 Å². The second-order valence-electron chi connectivity index (χ2n) is 5.57. The quantitative estimate of drug-likeness (QED) is 0.708. The summed E-state index contributed by atoms with van der Waals surface area (Å²) in [6.07, 6.45) is 3.72. The molecule has 0 aliphatic heterocycles. The van der Waals surface area contributed by atoms with Gasteiger partial charge in [0, 0.05) is 18.6 Å². The third-order valence-electron chi connectivity index (χ3n) is 3.27. The molecule has 1 saturated carbocycles. The highest BCUT2D eigenvalue weighted by Gasteiger charge is 2.34. The van der Waals surface area contributed by atoms with Crippen molar-refractivity contribution in [2.24, 2.45) is 17.6 Å². The van der Waals surface area contributed by atoms with Crippen LogP contribution < -0.4 is 5.73 Å². The Balaban J connectivity index is 2.21. The summed E-state index contributed by atoms with van der Waals surface area (Å²) in [7, 11) is 2.20. The lowest BCUT2D eigenvalue weighted by Gasteiger charge is -2.30. The average Bonchev–Trinajstić information content (AvgIpc) is 2.63. The molecule has 1 rings (SSSR count). The molecule has 0 amide bonds. The van der Waals surface area contributed by atoms with Crippen LogP contribution in [0.2, 0.25) is 0 Å². The summed E-state index contributed by atoms with van der Waals surface area (Å²) in [5.74, 6) is 1.89. The van der Waals surface area contributed by atoms with E-state index in [4.69, 9.17) is 5.73 Å². The number of likely N-dealkylation sites (N-methyl/N-ethyl adjacent to an activating group) is 1. The van der Waals surface area contributed by atoms with Gasteiger partial charge in [0.1, 0.15) is 0 Å². The van der Waals surface area contributed by atoms with E-state index in [0.29, 0.717) is 0 Å². The molecule has 0 heterocycles. The van der Waals surface area contributed by atoms with Gasteiger partial charge in [0.05, 0.1) is 0 Å². The Morgan fingerprint density at radius 3 is 2.50 bits per heavy atom. The van der Waals surface area contributed by atoms with E-state index in [2.05, 4.69) is 32.7 Å². The molecular formula is C12H26N2. The minimum absolute atomic E-state index is 0.00162. The van der Waals surface area contributed by atoms with Gasteiger partial charge in [0.2, 0.25) is 0 Å². The van der Waals surface area contributed by atoms with E-state index in [-0.39, 0.29) is 5.54 Å². The fourth-order valence-corrected chi connectivity index (χ4v) is 2.39. The predicted octanol–water partition coefficient (Wildman–Crippen LogP) is 2.09. The third kappa shape index (κ3) is 3.97. The first-order valence-electron chi connectivity index (χ1n) is 5.92. The number of nitrogens with two attached hydrogens (primary N) is 1. The zero-order valence-corrected chi connectivity index (χ0v) is 10.2. The molecule has 3 atom stereocenters. The first kappa shape index (κ1) is 12.0. The van der Waals surface area contributed by atoms with Crippen LogP contribution in [-0.2, 0) is 0 Å². The van der Waals surface area contributed by atoms with E-state index >= 15 is 0 Å². The van der Waals surface area contributed by atoms with Crippen LogP contribution in [0.4, 0.5) is 0 Å². The smallest absolute Gasteiger partial charge is 0.0254 e. The molecule has 14 heavy (non-hydrogen) atoms. The maximum absolute atomic E-state index is 6.22. The van der Waals surface area contributed by atoms with E-state index in [9.17, 15) is 0 Å². The summed E-state index contributed by atoms with van der Waals surface area (Å²) in [5, 5.41) is 0. The van der Waals surface area contributed by atoms with Gasteiger partial charge in [0.25, 0.3) is 0 Å². The predicted molar refractivity (Wildman–Crippen MR) is 62.3 cm³/mol. The number of hydrogen-bond acceptors (Lipinski definition) is 2. The van der Waals surface area contributed by atoms with Crippen molar-refractivity contribution >= 4 is 0 Å². The number of rotatable bonds is 6.